The number of benzene rings is 2. The predicted octanol–water partition coefficient (Wildman–Crippen LogP) is 3.93. The molecule has 6 nitrogen and oxygen atoms in total. The predicted molar refractivity (Wildman–Crippen MR) is 98.1 cm³/mol. The van der Waals surface area contributed by atoms with Crippen LogP contribution in [0.1, 0.15) is 22.8 Å². The number of nitrogens with zero attached hydrogens (tertiary/aromatic N) is 4. The summed E-state index contributed by atoms with van der Waals surface area (Å²) in [5.74, 6) is -0.758. The molecule has 3 aromatic rings. The minimum absolute atomic E-state index is 0.0430. The standard InChI is InChI=1S/C20H17F3N4O2/c21-20(22,23)29-17-8-4-7-15(11-17)19(28)26-10-9-16(12-26)27-13-18(24-25-27)14-5-2-1-3-6-14/h1-8,11,13,16H,9-10,12H2. The fourth-order valence-electron chi connectivity index (χ4n) is 3.35. The van der Waals surface area contributed by atoms with Crippen molar-refractivity contribution >= 4 is 5.91 Å². The summed E-state index contributed by atoms with van der Waals surface area (Å²) in [7, 11) is 0. The number of halogens is 3. The van der Waals surface area contributed by atoms with Gasteiger partial charge in [0.1, 0.15) is 11.4 Å². The van der Waals surface area contributed by atoms with Crippen molar-refractivity contribution in [2.75, 3.05) is 13.1 Å². The Morgan fingerprint density at radius 2 is 1.90 bits per heavy atom. The Bertz CT molecular complexity index is 1000. The Labute approximate surface area is 164 Å². The highest BCUT2D eigenvalue weighted by Gasteiger charge is 2.32. The molecular formula is C20H17F3N4O2. The minimum Gasteiger partial charge on any atom is -0.406 e. The van der Waals surface area contributed by atoms with E-state index in [9.17, 15) is 18.0 Å². The molecule has 0 bridgehead atoms. The van der Waals surface area contributed by atoms with Gasteiger partial charge >= 0.3 is 6.36 Å². The van der Waals surface area contributed by atoms with Crippen LogP contribution in [-0.4, -0.2) is 45.3 Å². The number of rotatable bonds is 4. The molecule has 0 spiro atoms. The Balaban J connectivity index is 1.44. The van der Waals surface area contributed by atoms with Gasteiger partial charge in [-0.3, -0.25) is 4.79 Å². The molecule has 1 fully saturated rings. The molecule has 2 aromatic carbocycles. The summed E-state index contributed by atoms with van der Waals surface area (Å²) in [4.78, 5) is 14.3. The number of carbonyl (C=O) groups is 1. The van der Waals surface area contributed by atoms with Gasteiger partial charge in [0.15, 0.2) is 0 Å². The van der Waals surface area contributed by atoms with Crippen LogP contribution in [0, 0.1) is 0 Å². The summed E-state index contributed by atoms with van der Waals surface area (Å²) in [5, 5.41) is 8.37. The van der Waals surface area contributed by atoms with Crippen LogP contribution in [0.25, 0.3) is 11.3 Å². The number of hydrogen-bond acceptors (Lipinski definition) is 4. The molecule has 0 saturated carbocycles. The zero-order valence-electron chi connectivity index (χ0n) is 15.2. The molecule has 1 atom stereocenters. The number of likely N-dealkylation sites (tertiary alicyclic amines) is 1. The SMILES string of the molecule is O=C(c1cccc(OC(F)(F)F)c1)N1CCC(n2cc(-c3ccccc3)nn2)C1. The largest absolute Gasteiger partial charge is 0.573 e. The Morgan fingerprint density at radius 3 is 2.66 bits per heavy atom. The Hall–Kier alpha value is -3.36. The van der Waals surface area contributed by atoms with Crippen molar-refractivity contribution in [2.45, 2.75) is 18.8 Å². The normalized spacial score (nSPS) is 16.8. The van der Waals surface area contributed by atoms with E-state index in [1.165, 1.54) is 12.1 Å². The zero-order chi connectivity index (χ0) is 20.4. The van der Waals surface area contributed by atoms with Crippen LogP contribution in [0.4, 0.5) is 13.2 Å². The smallest absolute Gasteiger partial charge is 0.406 e. The van der Waals surface area contributed by atoms with Crippen LogP contribution < -0.4 is 4.74 Å². The topological polar surface area (TPSA) is 60.2 Å². The van der Waals surface area contributed by atoms with Gasteiger partial charge in [0, 0.05) is 24.2 Å². The van der Waals surface area contributed by atoms with Gasteiger partial charge in [-0.1, -0.05) is 41.6 Å². The molecule has 1 aliphatic heterocycles. The van der Waals surface area contributed by atoms with E-state index in [1.807, 2.05) is 36.5 Å². The monoisotopic (exact) mass is 402 g/mol. The molecule has 0 aliphatic carbocycles. The maximum atomic E-state index is 12.7. The first-order valence-electron chi connectivity index (χ1n) is 9.01. The highest BCUT2D eigenvalue weighted by Crippen LogP contribution is 2.27. The molecular weight excluding hydrogens is 385 g/mol. The van der Waals surface area contributed by atoms with Crippen molar-refractivity contribution in [1.29, 1.82) is 0 Å². The fraction of sp³-hybridized carbons (Fsp3) is 0.250. The first-order chi connectivity index (χ1) is 13.9. The average Bonchev–Trinajstić information content (AvgIpc) is 3.37. The highest BCUT2D eigenvalue weighted by atomic mass is 19.4. The van der Waals surface area contributed by atoms with E-state index in [0.29, 0.717) is 19.5 Å². The van der Waals surface area contributed by atoms with Crippen LogP contribution in [0.15, 0.2) is 60.8 Å². The quantitative estimate of drug-likeness (QED) is 0.664. The summed E-state index contributed by atoms with van der Waals surface area (Å²) in [6.45, 7) is 0.884. The highest BCUT2D eigenvalue weighted by molar-refractivity contribution is 5.94. The van der Waals surface area contributed by atoms with Gasteiger partial charge in [-0.25, -0.2) is 4.68 Å². The Morgan fingerprint density at radius 1 is 1.10 bits per heavy atom. The molecule has 9 heteroatoms. The number of alkyl halides is 3. The van der Waals surface area contributed by atoms with Crippen LogP contribution >= 0.6 is 0 Å². The molecule has 1 saturated heterocycles. The van der Waals surface area contributed by atoms with Crippen molar-refractivity contribution in [2.24, 2.45) is 0 Å². The molecule has 0 N–H and O–H groups in total. The molecule has 2 heterocycles. The van der Waals surface area contributed by atoms with Crippen LogP contribution in [-0.2, 0) is 0 Å². The van der Waals surface area contributed by atoms with E-state index >= 15 is 0 Å². The summed E-state index contributed by atoms with van der Waals surface area (Å²) in [6, 6.07) is 14.7. The third-order valence-corrected chi connectivity index (χ3v) is 4.72. The molecule has 0 radical (unpaired) electrons. The summed E-state index contributed by atoms with van der Waals surface area (Å²) in [5.41, 5.74) is 1.84. The summed E-state index contributed by atoms with van der Waals surface area (Å²) in [6.07, 6.45) is -2.28. The number of carbonyl (C=O) groups excluding carboxylic acids is 1. The average molecular weight is 402 g/mol. The second-order valence-corrected chi connectivity index (χ2v) is 6.72. The van der Waals surface area contributed by atoms with Crippen molar-refractivity contribution < 1.29 is 22.7 Å². The third-order valence-electron chi connectivity index (χ3n) is 4.72. The van der Waals surface area contributed by atoms with E-state index < -0.39 is 12.1 Å². The first kappa shape index (κ1) is 19.0. The number of aromatic nitrogens is 3. The fourth-order valence-corrected chi connectivity index (χ4v) is 3.35. The zero-order valence-corrected chi connectivity index (χ0v) is 15.2. The third kappa shape index (κ3) is 4.39. The van der Waals surface area contributed by atoms with E-state index in [-0.39, 0.29) is 17.5 Å². The van der Waals surface area contributed by atoms with Gasteiger partial charge in [-0.05, 0) is 24.6 Å². The number of amides is 1. The molecule has 1 aromatic heterocycles. The lowest BCUT2D eigenvalue weighted by Gasteiger charge is -2.17. The number of hydrogen-bond donors (Lipinski definition) is 0. The maximum absolute atomic E-state index is 12.7. The van der Waals surface area contributed by atoms with Gasteiger partial charge in [-0.15, -0.1) is 18.3 Å². The van der Waals surface area contributed by atoms with Gasteiger partial charge in [-0.2, -0.15) is 0 Å². The van der Waals surface area contributed by atoms with Gasteiger partial charge in [0.05, 0.1) is 12.2 Å². The Kier molecular flexibility index (Phi) is 4.96. The van der Waals surface area contributed by atoms with Gasteiger partial charge in [0.2, 0.25) is 0 Å². The molecule has 1 amide bonds. The van der Waals surface area contributed by atoms with Gasteiger partial charge < -0.3 is 9.64 Å². The number of ether oxygens (including phenoxy) is 1. The first-order valence-corrected chi connectivity index (χ1v) is 9.01. The van der Waals surface area contributed by atoms with Gasteiger partial charge in [0.25, 0.3) is 5.91 Å². The lowest BCUT2D eigenvalue weighted by atomic mass is 10.2. The van der Waals surface area contributed by atoms with E-state index in [1.54, 1.807) is 9.58 Å². The summed E-state index contributed by atoms with van der Waals surface area (Å²) >= 11 is 0. The second-order valence-electron chi connectivity index (χ2n) is 6.72. The lowest BCUT2D eigenvalue weighted by molar-refractivity contribution is -0.274. The van der Waals surface area contributed by atoms with Crippen LogP contribution in [0.3, 0.4) is 0 Å². The minimum atomic E-state index is -4.80. The van der Waals surface area contributed by atoms with Crippen molar-refractivity contribution in [1.82, 2.24) is 19.9 Å². The summed E-state index contributed by atoms with van der Waals surface area (Å²) < 4.78 is 42.8. The molecule has 150 valence electrons. The van der Waals surface area contributed by atoms with Crippen molar-refractivity contribution in [3.63, 3.8) is 0 Å². The van der Waals surface area contributed by atoms with Crippen molar-refractivity contribution in [3.05, 3.63) is 66.4 Å². The molecule has 4 rings (SSSR count). The van der Waals surface area contributed by atoms with Crippen LogP contribution in [0.5, 0.6) is 5.75 Å². The molecule has 29 heavy (non-hydrogen) atoms. The van der Waals surface area contributed by atoms with E-state index in [0.717, 1.165) is 23.4 Å². The lowest BCUT2D eigenvalue weighted by Crippen LogP contribution is -2.29. The van der Waals surface area contributed by atoms with Crippen molar-refractivity contribution in [3.8, 4) is 17.0 Å². The second kappa shape index (κ2) is 7.57. The van der Waals surface area contributed by atoms with E-state index in [2.05, 4.69) is 15.0 Å². The molecule has 1 aliphatic rings. The van der Waals surface area contributed by atoms with Crippen LogP contribution in [0.2, 0.25) is 0 Å². The molecule has 1 unspecified atom stereocenters. The van der Waals surface area contributed by atoms with E-state index in [4.69, 9.17) is 0 Å². The maximum Gasteiger partial charge on any atom is 0.573 e.